The standard InChI is InChI=1S/C12H17N3O2S/c1-13-9-5-10(15-8-14-9)18-7-12(3-4-12)6-11(16)17-2/h5,8H,3-4,6-7H2,1-2H3,(H,13,14,15). The SMILES string of the molecule is CNc1cc(SCC2(CC(=O)OC)CC2)ncn1. The Morgan fingerprint density at radius 2 is 2.33 bits per heavy atom. The Morgan fingerprint density at radius 3 is 2.94 bits per heavy atom. The molecule has 0 radical (unpaired) electrons. The van der Waals surface area contributed by atoms with Crippen LogP contribution >= 0.6 is 11.8 Å². The van der Waals surface area contributed by atoms with Crippen molar-refractivity contribution in [2.75, 3.05) is 25.2 Å². The predicted octanol–water partition coefficient (Wildman–Crippen LogP) is 1.95. The molecule has 18 heavy (non-hydrogen) atoms. The zero-order chi connectivity index (χ0) is 13.0. The molecule has 0 bridgehead atoms. The van der Waals surface area contributed by atoms with Gasteiger partial charge in [0.25, 0.3) is 0 Å². The van der Waals surface area contributed by atoms with E-state index < -0.39 is 0 Å². The number of nitrogens with zero attached hydrogens (tertiary/aromatic N) is 2. The molecule has 0 amide bonds. The maximum Gasteiger partial charge on any atom is 0.306 e. The number of esters is 1. The molecule has 1 aliphatic rings. The van der Waals surface area contributed by atoms with Gasteiger partial charge in [-0.15, -0.1) is 11.8 Å². The van der Waals surface area contributed by atoms with Crippen LogP contribution in [0.3, 0.4) is 0 Å². The van der Waals surface area contributed by atoms with E-state index in [0.717, 1.165) is 29.4 Å². The number of hydrogen-bond acceptors (Lipinski definition) is 6. The molecule has 1 fully saturated rings. The molecule has 1 heterocycles. The van der Waals surface area contributed by atoms with Crippen LogP contribution in [0.1, 0.15) is 19.3 Å². The summed E-state index contributed by atoms with van der Waals surface area (Å²) in [4.78, 5) is 19.6. The molecule has 6 heteroatoms. The highest BCUT2D eigenvalue weighted by molar-refractivity contribution is 7.99. The first-order valence-corrected chi connectivity index (χ1v) is 6.85. The van der Waals surface area contributed by atoms with Crippen LogP contribution in [0.2, 0.25) is 0 Å². The summed E-state index contributed by atoms with van der Waals surface area (Å²) in [6, 6.07) is 1.92. The van der Waals surface area contributed by atoms with Crippen molar-refractivity contribution in [1.82, 2.24) is 9.97 Å². The van der Waals surface area contributed by atoms with E-state index in [9.17, 15) is 4.79 Å². The summed E-state index contributed by atoms with van der Waals surface area (Å²) in [7, 11) is 3.27. The topological polar surface area (TPSA) is 64.1 Å². The quantitative estimate of drug-likeness (QED) is 0.483. The molecule has 1 N–H and O–H groups in total. The fourth-order valence-electron chi connectivity index (χ4n) is 1.71. The lowest BCUT2D eigenvalue weighted by Gasteiger charge is -2.12. The van der Waals surface area contributed by atoms with Crippen molar-refractivity contribution in [3.8, 4) is 0 Å². The summed E-state index contributed by atoms with van der Waals surface area (Å²) in [6.07, 6.45) is 4.26. The largest absolute Gasteiger partial charge is 0.469 e. The van der Waals surface area contributed by atoms with Gasteiger partial charge in [-0.25, -0.2) is 9.97 Å². The number of carbonyl (C=O) groups excluding carboxylic acids is 1. The predicted molar refractivity (Wildman–Crippen MR) is 70.6 cm³/mol. The summed E-state index contributed by atoms with van der Waals surface area (Å²) in [5.74, 6) is 1.60. The van der Waals surface area contributed by atoms with Gasteiger partial charge in [-0.1, -0.05) is 0 Å². The third-order valence-corrected chi connectivity index (χ3v) is 4.40. The van der Waals surface area contributed by atoms with Gasteiger partial charge in [0.2, 0.25) is 0 Å². The molecule has 5 nitrogen and oxygen atoms in total. The number of ether oxygens (including phenoxy) is 1. The van der Waals surface area contributed by atoms with Crippen molar-refractivity contribution in [3.05, 3.63) is 12.4 Å². The minimum absolute atomic E-state index is 0.119. The second kappa shape index (κ2) is 5.56. The summed E-state index contributed by atoms with van der Waals surface area (Å²) >= 11 is 1.67. The van der Waals surface area contributed by atoms with E-state index in [1.807, 2.05) is 13.1 Å². The van der Waals surface area contributed by atoms with Crippen molar-refractivity contribution in [1.29, 1.82) is 0 Å². The Hall–Kier alpha value is -1.30. The molecule has 1 aromatic rings. The van der Waals surface area contributed by atoms with Crippen molar-refractivity contribution >= 4 is 23.5 Å². The minimum atomic E-state index is -0.119. The number of methoxy groups -OCH3 is 1. The highest BCUT2D eigenvalue weighted by Crippen LogP contribution is 2.52. The maximum atomic E-state index is 11.3. The van der Waals surface area contributed by atoms with Crippen LogP contribution in [-0.2, 0) is 9.53 Å². The summed E-state index contributed by atoms with van der Waals surface area (Å²) in [5, 5.41) is 3.92. The van der Waals surface area contributed by atoms with E-state index >= 15 is 0 Å². The third-order valence-electron chi connectivity index (χ3n) is 3.13. The molecule has 0 spiro atoms. The van der Waals surface area contributed by atoms with E-state index in [1.165, 1.54) is 7.11 Å². The van der Waals surface area contributed by atoms with Crippen LogP contribution in [0.15, 0.2) is 17.4 Å². The fourth-order valence-corrected chi connectivity index (χ4v) is 2.87. The molecule has 1 aromatic heterocycles. The Bertz CT molecular complexity index is 435. The molecule has 98 valence electrons. The molecule has 0 aliphatic heterocycles. The van der Waals surface area contributed by atoms with Crippen LogP contribution in [0.4, 0.5) is 5.82 Å². The zero-order valence-electron chi connectivity index (χ0n) is 10.6. The van der Waals surface area contributed by atoms with E-state index in [1.54, 1.807) is 18.1 Å². The number of thioether (sulfide) groups is 1. The van der Waals surface area contributed by atoms with Crippen LogP contribution in [0, 0.1) is 5.41 Å². The maximum absolute atomic E-state index is 11.3. The Kier molecular flexibility index (Phi) is 4.06. The van der Waals surface area contributed by atoms with E-state index in [0.29, 0.717) is 6.42 Å². The fraction of sp³-hybridized carbons (Fsp3) is 0.583. The lowest BCUT2D eigenvalue weighted by molar-refractivity contribution is -0.141. The van der Waals surface area contributed by atoms with E-state index in [4.69, 9.17) is 4.74 Å². The van der Waals surface area contributed by atoms with Gasteiger partial charge < -0.3 is 10.1 Å². The first kappa shape index (κ1) is 13.1. The number of aromatic nitrogens is 2. The van der Waals surface area contributed by atoms with Crippen molar-refractivity contribution < 1.29 is 9.53 Å². The highest BCUT2D eigenvalue weighted by atomic mass is 32.2. The van der Waals surface area contributed by atoms with Gasteiger partial charge in [0.05, 0.1) is 13.5 Å². The van der Waals surface area contributed by atoms with Crippen LogP contribution in [0.5, 0.6) is 0 Å². The lowest BCUT2D eigenvalue weighted by atomic mass is 10.1. The highest BCUT2D eigenvalue weighted by Gasteiger charge is 2.44. The van der Waals surface area contributed by atoms with Crippen molar-refractivity contribution in [2.24, 2.45) is 5.41 Å². The summed E-state index contributed by atoms with van der Waals surface area (Å²) < 4.78 is 4.73. The number of carbonyl (C=O) groups is 1. The molecule has 0 aromatic carbocycles. The van der Waals surface area contributed by atoms with Gasteiger partial charge in [0.1, 0.15) is 17.2 Å². The molecule has 0 unspecified atom stereocenters. The van der Waals surface area contributed by atoms with E-state index in [2.05, 4.69) is 15.3 Å². The second-order valence-corrected chi connectivity index (χ2v) is 5.53. The molecule has 0 saturated heterocycles. The normalized spacial score (nSPS) is 16.1. The number of nitrogens with one attached hydrogen (secondary N) is 1. The molecular weight excluding hydrogens is 250 g/mol. The molecular formula is C12H17N3O2S. The Morgan fingerprint density at radius 1 is 1.56 bits per heavy atom. The Labute approximate surface area is 111 Å². The third kappa shape index (κ3) is 3.35. The van der Waals surface area contributed by atoms with Gasteiger partial charge >= 0.3 is 5.97 Å². The zero-order valence-corrected chi connectivity index (χ0v) is 11.4. The first-order valence-electron chi connectivity index (χ1n) is 5.87. The number of hydrogen-bond donors (Lipinski definition) is 1. The van der Waals surface area contributed by atoms with Gasteiger partial charge in [0.15, 0.2) is 0 Å². The van der Waals surface area contributed by atoms with Gasteiger partial charge in [-0.3, -0.25) is 4.79 Å². The summed E-state index contributed by atoms with van der Waals surface area (Å²) in [5.41, 5.74) is 0.127. The van der Waals surface area contributed by atoms with Crippen LogP contribution in [-0.4, -0.2) is 35.8 Å². The monoisotopic (exact) mass is 267 g/mol. The Balaban J connectivity index is 1.89. The molecule has 1 saturated carbocycles. The minimum Gasteiger partial charge on any atom is -0.469 e. The van der Waals surface area contributed by atoms with Crippen LogP contribution < -0.4 is 5.32 Å². The molecule has 2 rings (SSSR count). The van der Waals surface area contributed by atoms with E-state index in [-0.39, 0.29) is 11.4 Å². The van der Waals surface area contributed by atoms with Gasteiger partial charge in [0, 0.05) is 18.9 Å². The lowest BCUT2D eigenvalue weighted by Crippen LogP contribution is -2.13. The number of rotatable bonds is 6. The van der Waals surface area contributed by atoms with Gasteiger partial charge in [-0.2, -0.15) is 0 Å². The number of anilines is 1. The average molecular weight is 267 g/mol. The smallest absolute Gasteiger partial charge is 0.306 e. The second-order valence-electron chi connectivity index (χ2n) is 4.53. The van der Waals surface area contributed by atoms with Crippen molar-refractivity contribution in [3.63, 3.8) is 0 Å². The van der Waals surface area contributed by atoms with Crippen molar-refractivity contribution in [2.45, 2.75) is 24.3 Å². The first-order chi connectivity index (χ1) is 8.67. The van der Waals surface area contributed by atoms with Crippen LogP contribution in [0.25, 0.3) is 0 Å². The molecule has 1 aliphatic carbocycles. The average Bonchev–Trinajstić information content (AvgIpc) is 3.17. The van der Waals surface area contributed by atoms with Gasteiger partial charge in [-0.05, 0) is 18.3 Å². The molecule has 0 atom stereocenters. The summed E-state index contributed by atoms with van der Waals surface area (Å²) in [6.45, 7) is 0.